The lowest BCUT2D eigenvalue weighted by Gasteiger charge is -2.31. The summed E-state index contributed by atoms with van der Waals surface area (Å²) in [5.74, 6) is -0.152. The van der Waals surface area contributed by atoms with Crippen LogP contribution in [0.5, 0.6) is 0 Å². The van der Waals surface area contributed by atoms with E-state index in [0.717, 1.165) is 12.8 Å². The first-order valence-electron chi connectivity index (χ1n) is 8.89. The average molecular weight is 387 g/mol. The molecule has 0 saturated carbocycles. The highest BCUT2D eigenvalue weighted by Crippen LogP contribution is 2.24. The molecule has 1 fully saturated rings. The predicted octanol–water partition coefficient (Wildman–Crippen LogP) is 3.19. The van der Waals surface area contributed by atoms with E-state index in [1.807, 2.05) is 0 Å². The summed E-state index contributed by atoms with van der Waals surface area (Å²) in [6.07, 6.45) is 2.95. The molecule has 1 N–H and O–H groups in total. The Balaban J connectivity index is 1.92. The summed E-state index contributed by atoms with van der Waals surface area (Å²) in [7, 11) is -3.42. The summed E-state index contributed by atoms with van der Waals surface area (Å²) in [6, 6.07) is 7.19. The normalized spacial score (nSPS) is 17.0. The maximum atomic E-state index is 12.6. The highest BCUT2D eigenvalue weighted by atomic mass is 35.5. The van der Waals surface area contributed by atoms with Gasteiger partial charge in [-0.15, -0.1) is 0 Å². The van der Waals surface area contributed by atoms with Crippen molar-refractivity contribution < 1.29 is 13.2 Å². The molecular formula is C18H27ClN2O3S. The van der Waals surface area contributed by atoms with Crippen molar-refractivity contribution in [3.05, 3.63) is 34.9 Å². The molecule has 0 aliphatic carbocycles. The summed E-state index contributed by atoms with van der Waals surface area (Å²) in [6.45, 7) is 4.87. The van der Waals surface area contributed by atoms with Crippen LogP contribution in [0.1, 0.15) is 45.1 Å². The fourth-order valence-electron chi connectivity index (χ4n) is 3.11. The molecule has 1 aromatic carbocycles. The van der Waals surface area contributed by atoms with Gasteiger partial charge in [0.2, 0.25) is 15.9 Å². The van der Waals surface area contributed by atoms with Gasteiger partial charge in [0.1, 0.15) is 0 Å². The van der Waals surface area contributed by atoms with E-state index in [0.29, 0.717) is 36.5 Å². The van der Waals surface area contributed by atoms with Gasteiger partial charge in [-0.3, -0.25) is 4.79 Å². The second-order valence-corrected chi connectivity index (χ2v) is 8.92. The smallest absolute Gasteiger partial charge is 0.223 e. The molecule has 5 nitrogen and oxygen atoms in total. The molecule has 140 valence electrons. The largest absolute Gasteiger partial charge is 0.353 e. The summed E-state index contributed by atoms with van der Waals surface area (Å²) in [5.41, 5.74) is 0.609. The summed E-state index contributed by atoms with van der Waals surface area (Å²) < 4.78 is 26.7. The molecule has 1 heterocycles. The van der Waals surface area contributed by atoms with Crippen molar-refractivity contribution in [1.29, 1.82) is 0 Å². The topological polar surface area (TPSA) is 66.5 Å². The third-order valence-corrected chi connectivity index (χ3v) is 7.04. The highest BCUT2D eigenvalue weighted by Gasteiger charge is 2.31. The van der Waals surface area contributed by atoms with E-state index >= 15 is 0 Å². The van der Waals surface area contributed by atoms with Crippen LogP contribution in [-0.2, 0) is 20.6 Å². The van der Waals surface area contributed by atoms with E-state index in [1.54, 1.807) is 24.3 Å². The number of sulfonamides is 1. The third-order valence-electron chi connectivity index (χ3n) is 4.85. The number of nitrogens with zero attached hydrogens (tertiary/aromatic N) is 1. The van der Waals surface area contributed by atoms with Crippen molar-refractivity contribution in [2.24, 2.45) is 5.92 Å². The van der Waals surface area contributed by atoms with Gasteiger partial charge in [0.15, 0.2) is 0 Å². The van der Waals surface area contributed by atoms with Crippen LogP contribution < -0.4 is 5.32 Å². The van der Waals surface area contributed by atoms with E-state index in [4.69, 9.17) is 11.6 Å². The molecule has 1 saturated heterocycles. The Kier molecular flexibility index (Phi) is 7.28. The Hall–Kier alpha value is -1.11. The van der Waals surface area contributed by atoms with E-state index < -0.39 is 10.0 Å². The van der Waals surface area contributed by atoms with Crippen molar-refractivity contribution in [1.82, 2.24) is 9.62 Å². The minimum atomic E-state index is -3.42. The first kappa shape index (κ1) is 20.2. The summed E-state index contributed by atoms with van der Waals surface area (Å²) in [5, 5.41) is 3.53. The van der Waals surface area contributed by atoms with Crippen LogP contribution in [0.25, 0.3) is 0 Å². The molecule has 1 aliphatic heterocycles. The summed E-state index contributed by atoms with van der Waals surface area (Å²) >= 11 is 6.07. The van der Waals surface area contributed by atoms with Crippen LogP contribution in [0.2, 0.25) is 5.02 Å². The van der Waals surface area contributed by atoms with Crippen LogP contribution in [0, 0.1) is 5.92 Å². The number of piperidine rings is 1. The molecule has 0 aromatic heterocycles. The lowest BCUT2D eigenvalue weighted by atomic mass is 9.96. The van der Waals surface area contributed by atoms with Crippen LogP contribution in [0.15, 0.2) is 24.3 Å². The zero-order chi connectivity index (χ0) is 18.4. The number of amides is 1. The standard InChI is InChI=1S/C18H27ClN2O3S/c1-3-16(4-2)20-18(22)14-9-11-21(12-10-14)25(23,24)13-15-7-5-6-8-17(15)19/h5-8,14,16H,3-4,9-13H2,1-2H3,(H,20,22). The van der Waals surface area contributed by atoms with Crippen molar-refractivity contribution in [2.75, 3.05) is 13.1 Å². The lowest BCUT2D eigenvalue weighted by Crippen LogP contribution is -2.45. The second-order valence-electron chi connectivity index (χ2n) is 6.54. The zero-order valence-corrected chi connectivity index (χ0v) is 16.4. The molecule has 7 heteroatoms. The van der Waals surface area contributed by atoms with Gasteiger partial charge in [-0.25, -0.2) is 12.7 Å². The SMILES string of the molecule is CCC(CC)NC(=O)C1CCN(S(=O)(=O)Cc2ccccc2Cl)CC1. The lowest BCUT2D eigenvalue weighted by molar-refractivity contribution is -0.126. The number of hydrogen-bond acceptors (Lipinski definition) is 3. The number of hydrogen-bond donors (Lipinski definition) is 1. The molecule has 0 spiro atoms. The van der Waals surface area contributed by atoms with Crippen molar-refractivity contribution in [2.45, 2.75) is 51.3 Å². The van der Waals surface area contributed by atoms with Crippen molar-refractivity contribution in [3.63, 3.8) is 0 Å². The van der Waals surface area contributed by atoms with Gasteiger partial charge < -0.3 is 5.32 Å². The molecule has 0 radical (unpaired) electrons. The Morgan fingerprint density at radius 2 is 1.84 bits per heavy atom. The Bertz CT molecular complexity index is 681. The van der Waals surface area contributed by atoms with Crippen molar-refractivity contribution >= 4 is 27.5 Å². The second kappa shape index (κ2) is 9.01. The first-order valence-corrected chi connectivity index (χ1v) is 10.9. The predicted molar refractivity (Wildman–Crippen MR) is 101 cm³/mol. The molecule has 1 aromatic rings. The number of carbonyl (C=O) groups is 1. The highest BCUT2D eigenvalue weighted by molar-refractivity contribution is 7.88. The fraction of sp³-hybridized carbons (Fsp3) is 0.611. The minimum absolute atomic E-state index is 0.0526. The quantitative estimate of drug-likeness (QED) is 0.782. The third kappa shape index (κ3) is 5.43. The number of carbonyl (C=O) groups excluding carboxylic acids is 1. The fourth-order valence-corrected chi connectivity index (χ4v) is 4.99. The molecule has 1 aliphatic rings. The number of nitrogens with one attached hydrogen (secondary N) is 1. The van der Waals surface area contributed by atoms with Crippen LogP contribution in [0.4, 0.5) is 0 Å². The summed E-state index contributed by atoms with van der Waals surface area (Å²) in [4.78, 5) is 12.3. The first-order chi connectivity index (χ1) is 11.9. The van der Waals surface area contributed by atoms with Gasteiger partial charge >= 0.3 is 0 Å². The van der Waals surface area contributed by atoms with E-state index in [2.05, 4.69) is 19.2 Å². The average Bonchev–Trinajstić information content (AvgIpc) is 2.61. The molecule has 0 atom stereocenters. The van der Waals surface area contributed by atoms with Gasteiger partial charge in [0, 0.05) is 30.1 Å². The molecule has 0 bridgehead atoms. The molecule has 2 rings (SSSR count). The zero-order valence-electron chi connectivity index (χ0n) is 14.9. The maximum Gasteiger partial charge on any atom is 0.223 e. The Morgan fingerprint density at radius 3 is 2.40 bits per heavy atom. The van der Waals surface area contributed by atoms with Gasteiger partial charge in [0.25, 0.3) is 0 Å². The monoisotopic (exact) mass is 386 g/mol. The number of halogens is 1. The van der Waals surface area contributed by atoms with E-state index in [1.165, 1.54) is 4.31 Å². The number of benzene rings is 1. The van der Waals surface area contributed by atoms with Gasteiger partial charge in [0.05, 0.1) is 5.75 Å². The molecule has 0 unspecified atom stereocenters. The van der Waals surface area contributed by atoms with Gasteiger partial charge in [-0.2, -0.15) is 0 Å². The van der Waals surface area contributed by atoms with Crippen LogP contribution >= 0.6 is 11.6 Å². The van der Waals surface area contributed by atoms with E-state index in [9.17, 15) is 13.2 Å². The molecule has 1 amide bonds. The van der Waals surface area contributed by atoms with E-state index in [-0.39, 0.29) is 23.6 Å². The number of rotatable bonds is 7. The molecular weight excluding hydrogens is 360 g/mol. The van der Waals surface area contributed by atoms with Crippen molar-refractivity contribution in [3.8, 4) is 0 Å². The minimum Gasteiger partial charge on any atom is -0.353 e. The molecule has 25 heavy (non-hydrogen) atoms. The van der Waals surface area contributed by atoms with Crippen LogP contribution in [0.3, 0.4) is 0 Å². The van der Waals surface area contributed by atoms with Crippen LogP contribution in [-0.4, -0.2) is 37.8 Å². The van der Waals surface area contributed by atoms with Gasteiger partial charge in [-0.05, 0) is 37.3 Å². The van der Waals surface area contributed by atoms with Gasteiger partial charge in [-0.1, -0.05) is 43.6 Å². The Labute approximate surface area is 155 Å². The Morgan fingerprint density at radius 1 is 1.24 bits per heavy atom. The maximum absolute atomic E-state index is 12.6.